The number of hydrogen-bond donors (Lipinski definition) is 0. The van der Waals surface area contributed by atoms with E-state index in [2.05, 4.69) is 0 Å². The van der Waals surface area contributed by atoms with Crippen LogP contribution in [-0.4, -0.2) is 27.0 Å². The Morgan fingerprint density at radius 3 is 3.07 bits per heavy atom. The third-order valence-electron chi connectivity index (χ3n) is 1.95. The Morgan fingerprint density at radius 2 is 2.33 bits per heavy atom. The maximum absolute atomic E-state index is 10.8. The summed E-state index contributed by atoms with van der Waals surface area (Å²) in [6.07, 6.45) is 0.702. The normalized spacial score (nSPS) is 12.6. The van der Waals surface area contributed by atoms with Crippen molar-refractivity contribution in [1.29, 1.82) is 0 Å². The molecule has 0 atom stereocenters. The van der Waals surface area contributed by atoms with Gasteiger partial charge in [-0.3, -0.25) is 4.79 Å². The lowest BCUT2D eigenvalue weighted by atomic mass is 10.2. The first-order valence-electron chi connectivity index (χ1n) is 4.35. The van der Waals surface area contributed by atoms with Gasteiger partial charge in [-0.05, 0) is 6.07 Å². The molecule has 1 aromatic rings. The van der Waals surface area contributed by atoms with Crippen LogP contribution in [0.5, 0.6) is 17.2 Å². The maximum Gasteiger partial charge on any atom is 0.231 e. The van der Waals surface area contributed by atoms with Crippen LogP contribution in [0.15, 0.2) is 12.1 Å². The summed E-state index contributed by atoms with van der Waals surface area (Å²) in [4.78, 5) is 10.8. The van der Waals surface area contributed by atoms with Crippen LogP contribution in [0.4, 0.5) is 0 Å². The summed E-state index contributed by atoms with van der Waals surface area (Å²) in [5.41, 5.74) is 0.413. The fourth-order valence-corrected chi connectivity index (χ4v) is 1.31. The average molecular weight is 210 g/mol. The second-order valence-corrected chi connectivity index (χ2v) is 2.92. The minimum absolute atomic E-state index is 0.123. The molecule has 0 aromatic heterocycles. The summed E-state index contributed by atoms with van der Waals surface area (Å²) in [6, 6.07) is 3.24. The van der Waals surface area contributed by atoms with Crippen molar-refractivity contribution < 1.29 is 23.7 Å². The van der Waals surface area contributed by atoms with Gasteiger partial charge in [0.2, 0.25) is 6.79 Å². The Balaban J connectivity index is 2.30. The van der Waals surface area contributed by atoms with Crippen molar-refractivity contribution in [3.63, 3.8) is 0 Å². The maximum atomic E-state index is 10.8. The molecule has 0 saturated heterocycles. The van der Waals surface area contributed by atoms with Crippen LogP contribution in [0.25, 0.3) is 0 Å². The van der Waals surface area contributed by atoms with Crippen LogP contribution >= 0.6 is 0 Å². The topological polar surface area (TPSA) is 54.0 Å². The van der Waals surface area contributed by atoms with E-state index in [0.717, 1.165) is 0 Å². The predicted molar refractivity (Wildman–Crippen MR) is 50.5 cm³/mol. The molecular formula is C10H10O5. The number of hydrogen-bond acceptors (Lipinski definition) is 5. The van der Waals surface area contributed by atoms with Gasteiger partial charge in [0.15, 0.2) is 24.6 Å². The van der Waals surface area contributed by atoms with E-state index in [1.807, 2.05) is 0 Å². The highest BCUT2D eigenvalue weighted by Gasteiger charge is 2.19. The van der Waals surface area contributed by atoms with Crippen LogP contribution in [0.1, 0.15) is 10.4 Å². The third kappa shape index (κ3) is 1.87. The van der Waals surface area contributed by atoms with Gasteiger partial charge in [-0.2, -0.15) is 0 Å². The van der Waals surface area contributed by atoms with Crippen LogP contribution in [0.2, 0.25) is 0 Å². The molecule has 1 heterocycles. The van der Waals surface area contributed by atoms with Gasteiger partial charge >= 0.3 is 0 Å². The molecule has 0 aliphatic carbocycles. The molecule has 1 aliphatic rings. The SMILES string of the molecule is COCOc1cc(C=O)c2c(c1)OCO2. The van der Waals surface area contributed by atoms with Gasteiger partial charge in [-0.15, -0.1) is 0 Å². The summed E-state index contributed by atoms with van der Waals surface area (Å²) >= 11 is 0. The number of ether oxygens (including phenoxy) is 4. The van der Waals surface area contributed by atoms with Gasteiger partial charge in [0, 0.05) is 13.2 Å². The first-order chi connectivity index (χ1) is 7.35. The van der Waals surface area contributed by atoms with Gasteiger partial charge < -0.3 is 18.9 Å². The highest BCUT2D eigenvalue weighted by atomic mass is 16.7. The van der Waals surface area contributed by atoms with Gasteiger partial charge in [-0.1, -0.05) is 0 Å². The van der Waals surface area contributed by atoms with E-state index >= 15 is 0 Å². The second kappa shape index (κ2) is 4.18. The van der Waals surface area contributed by atoms with Crippen LogP contribution in [0, 0.1) is 0 Å². The van der Waals surface area contributed by atoms with Gasteiger partial charge in [0.1, 0.15) is 5.75 Å². The third-order valence-corrected chi connectivity index (χ3v) is 1.95. The number of benzene rings is 1. The number of fused-ring (bicyclic) bond motifs is 1. The zero-order valence-corrected chi connectivity index (χ0v) is 8.19. The number of carbonyl (C=O) groups is 1. The molecule has 0 unspecified atom stereocenters. The van der Waals surface area contributed by atoms with E-state index in [0.29, 0.717) is 29.1 Å². The first-order valence-corrected chi connectivity index (χ1v) is 4.35. The van der Waals surface area contributed by atoms with Gasteiger partial charge in [0.25, 0.3) is 0 Å². The minimum atomic E-state index is 0.123. The molecule has 5 nitrogen and oxygen atoms in total. The zero-order valence-electron chi connectivity index (χ0n) is 8.19. The molecule has 0 radical (unpaired) electrons. The van der Waals surface area contributed by atoms with Crippen molar-refractivity contribution in [2.24, 2.45) is 0 Å². The Hall–Kier alpha value is -1.75. The van der Waals surface area contributed by atoms with Crippen LogP contribution < -0.4 is 14.2 Å². The number of rotatable bonds is 4. The first kappa shape index (κ1) is 9.79. The molecule has 1 aromatic carbocycles. The number of methoxy groups -OCH3 is 1. The van der Waals surface area contributed by atoms with Crippen molar-refractivity contribution in [3.8, 4) is 17.2 Å². The number of aldehydes is 1. The summed E-state index contributed by atoms with van der Waals surface area (Å²) in [6.45, 7) is 0.252. The van der Waals surface area contributed by atoms with E-state index in [4.69, 9.17) is 18.9 Å². The van der Waals surface area contributed by atoms with Gasteiger partial charge in [0.05, 0.1) is 5.56 Å². The predicted octanol–water partition coefficient (Wildman–Crippen LogP) is 1.21. The lowest BCUT2D eigenvalue weighted by molar-refractivity contribution is 0.0509. The smallest absolute Gasteiger partial charge is 0.231 e. The molecular weight excluding hydrogens is 200 g/mol. The molecule has 0 amide bonds. The molecule has 5 heteroatoms. The van der Waals surface area contributed by atoms with E-state index in [1.54, 1.807) is 12.1 Å². The molecule has 0 N–H and O–H groups in total. The molecule has 0 bridgehead atoms. The largest absolute Gasteiger partial charge is 0.467 e. The average Bonchev–Trinajstić information content (AvgIpc) is 2.73. The number of carbonyl (C=O) groups excluding carboxylic acids is 1. The summed E-state index contributed by atoms with van der Waals surface area (Å²) in [5.74, 6) is 1.50. The van der Waals surface area contributed by atoms with E-state index < -0.39 is 0 Å². The highest BCUT2D eigenvalue weighted by molar-refractivity contribution is 5.82. The van der Waals surface area contributed by atoms with Crippen LogP contribution in [0.3, 0.4) is 0 Å². The molecule has 0 saturated carbocycles. The quantitative estimate of drug-likeness (QED) is 0.552. The van der Waals surface area contributed by atoms with Crippen molar-refractivity contribution >= 4 is 6.29 Å². The van der Waals surface area contributed by atoms with Crippen molar-refractivity contribution in [2.75, 3.05) is 20.7 Å². The van der Waals surface area contributed by atoms with Crippen molar-refractivity contribution in [3.05, 3.63) is 17.7 Å². The van der Waals surface area contributed by atoms with E-state index in [-0.39, 0.29) is 13.6 Å². The summed E-state index contributed by atoms with van der Waals surface area (Å²) in [7, 11) is 1.52. The lowest BCUT2D eigenvalue weighted by Gasteiger charge is -2.06. The Kier molecular flexibility index (Phi) is 2.73. The molecule has 80 valence electrons. The molecule has 1 aliphatic heterocycles. The Bertz CT molecular complexity index is 374. The fraction of sp³-hybridized carbons (Fsp3) is 0.300. The summed E-state index contributed by atoms with van der Waals surface area (Å²) < 4.78 is 20.3. The van der Waals surface area contributed by atoms with Gasteiger partial charge in [-0.25, -0.2) is 0 Å². The van der Waals surface area contributed by atoms with E-state index in [9.17, 15) is 4.79 Å². The standard InChI is InChI=1S/C10H10O5/c1-12-5-13-8-2-7(4-11)10-9(3-8)14-6-15-10/h2-4H,5-6H2,1H3. The van der Waals surface area contributed by atoms with E-state index in [1.165, 1.54) is 7.11 Å². The highest BCUT2D eigenvalue weighted by Crippen LogP contribution is 2.38. The molecule has 0 fully saturated rings. The van der Waals surface area contributed by atoms with Crippen molar-refractivity contribution in [2.45, 2.75) is 0 Å². The summed E-state index contributed by atoms with van der Waals surface area (Å²) in [5, 5.41) is 0. The zero-order chi connectivity index (χ0) is 10.7. The Morgan fingerprint density at radius 1 is 1.47 bits per heavy atom. The molecule has 2 rings (SSSR count). The lowest BCUT2D eigenvalue weighted by Crippen LogP contribution is -1.99. The van der Waals surface area contributed by atoms with Crippen LogP contribution in [-0.2, 0) is 4.74 Å². The fourth-order valence-electron chi connectivity index (χ4n) is 1.31. The molecule has 15 heavy (non-hydrogen) atoms. The Labute approximate surface area is 86.5 Å². The monoisotopic (exact) mass is 210 g/mol. The molecule has 0 spiro atoms. The van der Waals surface area contributed by atoms with Crippen molar-refractivity contribution in [1.82, 2.24) is 0 Å². The second-order valence-electron chi connectivity index (χ2n) is 2.92. The minimum Gasteiger partial charge on any atom is -0.467 e.